The smallest absolute Gasteiger partial charge is 0.306 e. The van der Waals surface area contributed by atoms with Gasteiger partial charge in [-0.2, -0.15) is 0 Å². The van der Waals surface area contributed by atoms with Gasteiger partial charge in [0.05, 0.1) is 12.0 Å². The van der Waals surface area contributed by atoms with Crippen molar-refractivity contribution in [2.24, 2.45) is 12.8 Å². The number of rotatable bonds is 6. The predicted molar refractivity (Wildman–Crippen MR) is 107 cm³/mol. The van der Waals surface area contributed by atoms with Crippen molar-refractivity contribution in [1.82, 2.24) is 14.5 Å². The van der Waals surface area contributed by atoms with E-state index in [0.29, 0.717) is 5.56 Å². The number of ether oxygens (including phenoxy) is 1. The Morgan fingerprint density at radius 3 is 2.62 bits per heavy atom. The molecule has 1 aliphatic heterocycles. The Bertz CT molecular complexity index is 958. The van der Waals surface area contributed by atoms with Crippen LogP contribution in [-0.4, -0.2) is 43.9 Å². The summed E-state index contributed by atoms with van der Waals surface area (Å²) in [6.07, 6.45) is 3.73. The Labute approximate surface area is 169 Å². The maximum atomic E-state index is 12.9. The van der Waals surface area contributed by atoms with Crippen LogP contribution in [0.25, 0.3) is 11.3 Å². The van der Waals surface area contributed by atoms with Crippen LogP contribution >= 0.6 is 0 Å². The van der Waals surface area contributed by atoms with Crippen LogP contribution in [0.1, 0.15) is 49.5 Å². The molecule has 1 aromatic heterocycles. The standard InChI is InChI=1S/C21H26N4O4/c1-21(2,3)29-18(26)8-7-17(19(22)27)25-10-14-9-13(5-6-15(14)20(25)28)16-11-24(4)12-23-16/h5-6,9,11-12,17H,7-8,10H2,1-4H3,(H2,22,27). The molecule has 0 bridgehead atoms. The largest absolute Gasteiger partial charge is 0.460 e. The average molecular weight is 398 g/mol. The summed E-state index contributed by atoms with van der Waals surface area (Å²) in [4.78, 5) is 42.7. The van der Waals surface area contributed by atoms with Crippen molar-refractivity contribution in [1.29, 1.82) is 0 Å². The van der Waals surface area contributed by atoms with Gasteiger partial charge in [-0.1, -0.05) is 6.07 Å². The molecule has 8 heteroatoms. The first-order chi connectivity index (χ1) is 13.5. The molecule has 3 rings (SSSR count). The summed E-state index contributed by atoms with van der Waals surface area (Å²) in [5.74, 6) is -1.33. The van der Waals surface area contributed by atoms with Crippen molar-refractivity contribution in [3.8, 4) is 11.3 Å². The van der Waals surface area contributed by atoms with Crippen LogP contribution in [-0.2, 0) is 27.9 Å². The van der Waals surface area contributed by atoms with Crippen LogP contribution < -0.4 is 5.73 Å². The molecule has 0 fully saturated rings. The zero-order chi connectivity index (χ0) is 21.3. The second kappa shape index (κ2) is 7.69. The number of aryl methyl sites for hydroxylation is 1. The molecule has 2 N–H and O–H groups in total. The van der Waals surface area contributed by atoms with Gasteiger partial charge in [0.1, 0.15) is 11.6 Å². The van der Waals surface area contributed by atoms with E-state index in [1.165, 1.54) is 4.90 Å². The highest BCUT2D eigenvalue weighted by molar-refractivity contribution is 6.01. The number of hydrogen-bond donors (Lipinski definition) is 1. The van der Waals surface area contributed by atoms with Gasteiger partial charge < -0.3 is 19.9 Å². The minimum Gasteiger partial charge on any atom is -0.460 e. The van der Waals surface area contributed by atoms with Crippen LogP contribution in [0.3, 0.4) is 0 Å². The Morgan fingerprint density at radius 1 is 1.31 bits per heavy atom. The molecule has 1 aromatic carbocycles. The van der Waals surface area contributed by atoms with E-state index in [1.807, 2.05) is 29.9 Å². The molecule has 2 heterocycles. The van der Waals surface area contributed by atoms with Crippen LogP contribution in [0, 0.1) is 0 Å². The zero-order valence-corrected chi connectivity index (χ0v) is 17.1. The number of carbonyl (C=O) groups is 3. The highest BCUT2D eigenvalue weighted by Crippen LogP contribution is 2.30. The van der Waals surface area contributed by atoms with Crippen molar-refractivity contribution in [3.63, 3.8) is 0 Å². The van der Waals surface area contributed by atoms with Crippen molar-refractivity contribution in [3.05, 3.63) is 41.9 Å². The maximum absolute atomic E-state index is 12.9. The lowest BCUT2D eigenvalue weighted by Crippen LogP contribution is -2.45. The van der Waals surface area contributed by atoms with Gasteiger partial charge in [0.2, 0.25) is 5.91 Å². The number of esters is 1. The molecule has 2 amide bonds. The second-order valence-electron chi connectivity index (χ2n) is 8.27. The molecule has 2 aromatic rings. The van der Waals surface area contributed by atoms with Crippen molar-refractivity contribution >= 4 is 17.8 Å². The highest BCUT2D eigenvalue weighted by atomic mass is 16.6. The molecule has 8 nitrogen and oxygen atoms in total. The van der Waals surface area contributed by atoms with Crippen LogP contribution in [0.2, 0.25) is 0 Å². The fraction of sp³-hybridized carbons (Fsp3) is 0.429. The molecule has 0 radical (unpaired) electrons. The predicted octanol–water partition coefficient (Wildman–Crippen LogP) is 2.02. The molecule has 154 valence electrons. The number of carbonyl (C=O) groups excluding carboxylic acids is 3. The number of hydrogen-bond acceptors (Lipinski definition) is 5. The highest BCUT2D eigenvalue weighted by Gasteiger charge is 2.36. The number of primary amides is 1. The Hall–Kier alpha value is -3.16. The average Bonchev–Trinajstić information content (AvgIpc) is 3.17. The molecule has 1 aliphatic rings. The number of fused-ring (bicyclic) bond motifs is 1. The maximum Gasteiger partial charge on any atom is 0.306 e. The summed E-state index contributed by atoms with van der Waals surface area (Å²) in [6, 6.07) is 4.61. The number of benzene rings is 1. The van der Waals surface area contributed by atoms with Crippen LogP contribution in [0.15, 0.2) is 30.7 Å². The van der Waals surface area contributed by atoms with Gasteiger partial charge in [-0.25, -0.2) is 4.98 Å². The lowest BCUT2D eigenvalue weighted by Gasteiger charge is -2.25. The van der Waals surface area contributed by atoms with Crippen LogP contribution in [0.5, 0.6) is 0 Å². The van der Waals surface area contributed by atoms with Crippen LogP contribution in [0.4, 0.5) is 0 Å². The second-order valence-corrected chi connectivity index (χ2v) is 8.27. The summed E-state index contributed by atoms with van der Waals surface area (Å²) < 4.78 is 7.13. The van der Waals surface area contributed by atoms with Gasteiger partial charge in [-0.3, -0.25) is 14.4 Å². The molecule has 1 atom stereocenters. The minimum atomic E-state index is -0.874. The number of imidazole rings is 1. The topological polar surface area (TPSA) is 108 Å². The van der Waals surface area contributed by atoms with Gasteiger partial charge in [-0.15, -0.1) is 0 Å². The molecule has 0 aliphatic carbocycles. The zero-order valence-electron chi connectivity index (χ0n) is 17.1. The van der Waals surface area contributed by atoms with E-state index >= 15 is 0 Å². The first-order valence-corrected chi connectivity index (χ1v) is 9.48. The van der Waals surface area contributed by atoms with E-state index in [-0.39, 0.29) is 25.3 Å². The van der Waals surface area contributed by atoms with E-state index < -0.39 is 23.5 Å². The van der Waals surface area contributed by atoms with Gasteiger partial charge in [0.25, 0.3) is 5.91 Å². The van der Waals surface area contributed by atoms with E-state index in [0.717, 1.165) is 16.8 Å². The van der Waals surface area contributed by atoms with Gasteiger partial charge in [0, 0.05) is 37.3 Å². The molecule has 29 heavy (non-hydrogen) atoms. The summed E-state index contributed by atoms with van der Waals surface area (Å²) >= 11 is 0. The molecular weight excluding hydrogens is 372 g/mol. The van der Waals surface area contributed by atoms with Crippen molar-refractivity contribution < 1.29 is 19.1 Å². The molecule has 0 spiro atoms. The summed E-state index contributed by atoms with van der Waals surface area (Å²) in [5, 5.41) is 0. The third-order valence-corrected chi connectivity index (χ3v) is 4.68. The first kappa shape index (κ1) is 20.6. The Balaban J connectivity index is 1.75. The number of amides is 2. The Morgan fingerprint density at radius 2 is 2.03 bits per heavy atom. The van der Waals surface area contributed by atoms with E-state index in [2.05, 4.69) is 4.98 Å². The van der Waals surface area contributed by atoms with E-state index in [1.54, 1.807) is 33.2 Å². The summed E-state index contributed by atoms with van der Waals surface area (Å²) in [7, 11) is 1.89. The van der Waals surface area contributed by atoms with Gasteiger partial charge in [-0.05, 0) is 44.9 Å². The SMILES string of the molecule is Cn1cnc(-c2ccc3c(c2)CN(C(CCC(=O)OC(C)(C)C)C(N)=O)C3=O)c1. The lowest BCUT2D eigenvalue weighted by molar-refractivity contribution is -0.155. The minimum absolute atomic E-state index is 0.00415. The van der Waals surface area contributed by atoms with Gasteiger partial charge in [0.15, 0.2) is 0 Å². The van der Waals surface area contributed by atoms with Gasteiger partial charge >= 0.3 is 5.97 Å². The molecule has 0 saturated carbocycles. The molecule has 0 saturated heterocycles. The monoisotopic (exact) mass is 398 g/mol. The third kappa shape index (κ3) is 4.64. The Kier molecular flexibility index (Phi) is 5.46. The number of aromatic nitrogens is 2. The van der Waals surface area contributed by atoms with Crippen molar-refractivity contribution in [2.45, 2.75) is 51.8 Å². The fourth-order valence-corrected chi connectivity index (χ4v) is 3.41. The summed E-state index contributed by atoms with van der Waals surface area (Å²) in [5.41, 5.74) is 7.98. The van der Waals surface area contributed by atoms with E-state index in [4.69, 9.17) is 10.5 Å². The van der Waals surface area contributed by atoms with Crippen molar-refractivity contribution in [2.75, 3.05) is 0 Å². The number of nitrogens with two attached hydrogens (primary N) is 1. The summed E-state index contributed by atoms with van der Waals surface area (Å²) in [6.45, 7) is 5.58. The fourth-order valence-electron chi connectivity index (χ4n) is 3.41. The normalized spacial score (nSPS) is 14.6. The molecule has 1 unspecified atom stereocenters. The number of nitrogens with zero attached hydrogens (tertiary/aromatic N) is 3. The van der Waals surface area contributed by atoms with E-state index in [9.17, 15) is 14.4 Å². The third-order valence-electron chi connectivity index (χ3n) is 4.68. The lowest BCUT2D eigenvalue weighted by atomic mass is 10.0. The molecular formula is C21H26N4O4. The first-order valence-electron chi connectivity index (χ1n) is 9.48. The quantitative estimate of drug-likeness (QED) is 0.749.